The van der Waals surface area contributed by atoms with Crippen molar-refractivity contribution in [1.82, 2.24) is 0 Å². The molecule has 0 radical (unpaired) electrons. The monoisotopic (exact) mass is 283 g/mol. The van der Waals surface area contributed by atoms with E-state index in [9.17, 15) is 9.90 Å². The summed E-state index contributed by atoms with van der Waals surface area (Å²) in [6.45, 7) is 6.22. The molecule has 0 aromatic heterocycles. The first-order chi connectivity index (χ1) is 9.97. The molecule has 110 valence electrons. The Kier molecular flexibility index (Phi) is 4.63. The van der Waals surface area contributed by atoms with Crippen LogP contribution in [0.5, 0.6) is 0 Å². The Hall–Kier alpha value is -2.29. The molecule has 0 saturated carbocycles. The molecule has 2 aromatic rings. The van der Waals surface area contributed by atoms with Gasteiger partial charge in [-0.05, 0) is 41.7 Å². The van der Waals surface area contributed by atoms with Gasteiger partial charge in [0.15, 0.2) is 6.04 Å². The molecule has 1 unspecified atom stereocenters. The highest BCUT2D eigenvalue weighted by atomic mass is 16.4. The van der Waals surface area contributed by atoms with E-state index in [-0.39, 0.29) is 0 Å². The van der Waals surface area contributed by atoms with Crippen LogP contribution in [0.4, 0.5) is 5.69 Å². The van der Waals surface area contributed by atoms with E-state index in [1.807, 2.05) is 55.5 Å². The van der Waals surface area contributed by atoms with Gasteiger partial charge < -0.3 is 10.4 Å². The van der Waals surface area contributed by atoms with E-state index in [1.54, 1.807) is 0 Å². The molecule has 2 N–H and O–H groups in total. The Morgan fingerprint density at radius 2 is 1.67 bits per heavy atom. The topological polar surface area (TPSA) is 49.3 Å². The maximum absolute atomic E-state index is 11.5. The lowest BCUT2D eigenvalue weighted by atomic mass is 9.99. The molecule has 0 amide bonds. The number of aryl methyl sites for hydroxylation is 1. The van der Waals surface area contributed by atoms with E-state index in [0.717, 1.165) is 16.8 Å². The molecule has 0 aliphatic rings. The molecule has 0 bridgehead atoms. The van der Waals surface area contributed by atoms with Crippen LogP contribution >= 0.6 is 0 Å². The lowest BCUT2D eigenvalue weighted by Crippen LogP contribution is -2.20. The Morgan fingerprint density at radius 1 is 1.05 bits per heavy atom. The number of anilines is 1. The van der Waals surface area contributed by atoms with Gasteiger partial charge in [-0.15, -0.1) is 0 Å². The number of carboxylic acid groups (broad SMARTS) is 1. The van der Waals surface area contributed by atoms with E-state index in [4.69, 9.17) is 0 Å². The summed E-state index contributed by atoms with van der Waals surface area (Å²) in [4.78, 5) is 11.5. The average molecular weight is 283 g/mol. The smallest absolute Gasteiger partial charge is 0.330 e. The highest BCUT2D eigenvalue weighted by Crippen LogP contribution is 2.23. The van der Waals surface area contributed by atoms with E-state index in [0.29, 0.717) is 5.92 Å². The molecule has 3 heteroatoms. The number of nitrogens with one attached hydrogen (secondary N) is 1. The minimum Gasteiger partial charge on any atom is -0.479 e. The highest BCUT2D eigenvalue weighted by molar-refractivity contribution is 5.79. The third-order valence-corrected chi connectivity index (χ3v) is 3.51. The van der Waals surface area contributed by atoms with Gasteiger partial charge in [-0.2, -0.15) is 0 Å². The van der Waals surface area contributed by atoms with Gasteiger partial charge in [0.1, 0.15) is 0 Å². The summed E-state index contributed by atoms with van der Waals surface area (Å²) in [7, 11) is 0. The first-order valence-electron chi connectivity index (χ1n) is 7.13. The minimum absolute atomic E-state index is 0.437. The van der Waals surface area contributed by atoms with Crippen molar-refractivity contribution < 1.29 is 9.90 Å². The molecule has 2 aromatic carbocycles. The van der Waals surface area contributed by atoms with Crippen LogP contribution < -0.4 is 5.32 Å². The first kappa shape index (κ1) is 15.1. The zero-order valence-electron chi connectivity index (χ0n) is 12.6. The third kappa shape index (κ3) is 3.85. The normalized spacial score (nSPS) is 12.2. The van der Waals surface area contributed by atoms with Crippen LogP contribution in [0.2, 0.25) is 0 Å². The molecule has 0 fully saturated rings. The van der Waals surface area contributed by atoms with Crippen molar-refractivity contribution in [3.8, 4) is 0 Å². The van der Waals surface area contributed by atoms with Crippen LogP contribution in [0.1, 0.15) is 42.5 Å². The predicted octanol–water partition coefficient (Wildman–Crippen LogP) is 4.36. The SMILES string of the molecule is Cc1cccc(NC(C(=O)O)c2ccc(C(C)C)cc2)c1. The van der Waals surface area contributed by atoms with Gasteiger partial charge in [-0.25, -0.2) is 4.79 Å². The number of carboxylic acids is 1. The Morgan fingerprint density at radius 3 is 2.19 bits per heavy atom. The summed E-state index contributed by atoms with van der Waals surface area (Å²) in [6.07, 6.45) is 0. The Balaban J connectivity index is 2.24. The summed E-state index contributed by atoms with van der Waals surface area (Å²) >= 11 is 0. The molecular formula is C18H21NO2. The van der Waals surface area contributed by atoms with Gasteiger partial charge >= 0.3 is 5.97 Å². The molecule has 1 atom stereocenters. The molecule has 0 spiro atoms. The van der Waals surface area contributed by atoms with E-state index in [1.165, 1.54) is 5.56 Å². The molecule has 3 nitrogen and oxygen atoms in total. The molecule has 0 aliphatic heterocycles. The summed E-state index contributed by atoms with van der Waals surface area (Å²) in [6, 6.07) is 14.7. The van der Waals surface area contributed by atoms with E-state index < -0.39 is 12.0 Å². The number of aliphatic carboxylic acids is 1. The fourth-order valence-electron chi connectivity index (χ4n) is 2.26. The molecule has 0 heterocycles. The molecule has 0 aliphatic carbocycles. The van der Waals surface area contributed by atoms with Gasteiger partial charge in [0.25, 0.3) is 0 Å². The van der Waals surface area contributed by atoms with Crippen molar-refractivity contribution in [1.29, 1.82) is 0 Å². The summed E-state index contributed by atoms with van der Waals surface area (Å²) < 4.78 is 0. The molecule has 2 rings (SSSR count). The average Bonchev–Trinajstić information content (AvgIpc) is 2.44. The van der Waals surface area contributed by atoms with Crippen LogP contribution in [0.3, 0.4) is 0 Å². The zero-order chi connectivity index (χ0) is 15.4. The molecule has 21 heavy (non-hydrogen) atoms. The van der Waals surface area contributed by atoms with Crippen LogP contribution in [0.25, 0.3) is 0 Å². The summed E-state index contributed by atoms with van der Waals surface area (Å²) in [5.74, 6) is -0.444. The van der Waals surface area contributed by atoms with Gasteiger partial charge in [0, 0.05) is 5.69 Å². The fourth-order valence-corrected chi connectivity index (χ4v) is 2.26. The maximum Gasteiger partial charge on any atom is 0.330 e. The first-order valence-corrected chi connectivity index (χ1v) is 7.13. The third-order valence-electron chi connectivity index (χ3n) is 3.51. The number of benzene rings is 2. The number of hydrogen-bond donors (Lipinski definition) is 2. The predicted molar refractivity (Wildman–Crippen MR) is 85.7 cm³/mol. The standard InChI is InChI=1S/C18H21NO2/c1-12(2)14-7-9-15(10-8-14)17(18(20)21)19-16-6-4-5-13(3)11-16/h4-12,17,19H,1-3H3,(H,20,21). The summed E-state index contributed by atoms with van der Waals surface area (Å²) in [5.41, 5.74) is 3.88. The largest absolute Gasteiger partial charge is 0.479 e. The second kappa shape index (κ2) is 6.44. The molecule has 0 saturated heterocycles. The van der Waals surface area contributed by atoms with Crippen molar-refractivity contribution in [2.45, 2.75) is 32.7 Å². The van der Waals surface area contributed by atoms with Crippen molar-refractivity contribution in [2.75, 3.05) is 5.32 Å². The maximum atomic E-state index is 11.5. The number of rotatable bonds is 5. The van der Waals surface area contributed by atoms with Crippen molar-refractivity contribution >= 4 is 11.7 Å². The Bertz CT molecular complexity index is 617. The van der Waals surface area contributed by atoms with Gasteiger partial charge in [0.05, 0.1) is 0 Å². The van der Waals surface area contributed by atoms with Gasteiger partial charge in [-0.1, -0.05) is 50.2 Å². The van der Waals surface area contributed by atoms with E-state index in [2.05, 4.69) is 19.2 Å². The van der Waals surface area contributed by atoms with Crippen LogP contribution in [-0.2, 0) is 4.79 Å². The van der Waals surface area contributed by atoms with Crippen LogP contribution in [0.15, 0.2) is 48.5 Å². The number of carbonyl (C=O) groups is 1. The van der Waals surface area contributed by atoms with Gasteiger partial charge in [-0.3, -0.25) is 0 Å². The van der Waals surface area contributed by atoms with Crippen molar-refractivity contribution in [3.63, 3.8) is 0 Å². The van der Waals surface area contributed by atoms with Crippen LogP contribution in [-0.4, -0.2) is 11.1 Å². The molecular weight excluding hydrogens is 262 g/mol. The second-order valence-electron chi connectivity index (χ2n) is 5.61. The second-order valence-corrected chi connectivity index (χ2v) is 5.61. The number of hydrogen-bond acceptors (Lipinski definition) is 2. The summed E-state index contributed by atoms with van der Waals surface area (Å²) in [5, 5.41) is 12.6. The van der Waals surface area contributed by atoms with E-state index >= 15 is 0 Å². The highest BCUT2D eigenvalue weighted by Gasteiger charge is 2.19. The van der Waals surface area contributed by atoms with Crippen LogP contribution in [0, 0.1) is 6.92 Å². The fraction of sp³-hybridized carbons (Fsp3) is 0.278. The lowest BCUT2D eigenvalue weighted by Gasteiger charge is -2.17. The Labute approximate surface area is 125 Å². The minimum atomic E-state index is -0.881. The van der Waals surface area contributed by atoms with Crippen molar-refractivity contribution in [2.24, 2.45) is 0 Å². The lowest BCUT2D eigenvalue weighted by molar-refractivity contribution is -0.138. The van der Waals surface area contributed by atoms with Crippen molar-refractivity contribution in [3.05, 3.63) is 65.2 Å². The zero-order valence-corrected chi connectivity index (χ0v) is 12.6. The van der Waals surface area contributed by atoms with Gasteiger partial charge in [0.2, 0.25) is 0 Å². The quantitative estimate of drug-likeness (QED) is 0.857.